The summed E-state index contributed by atoms with van der Waals surface area (Å²) in [6.45, 7) is 0.682. The fraction of sp³-hybridized carbons (Fsp3) is 0.333. The van der Waals surface area contributed by atoms with Crippen molar-refractivity contribution in [3.8, 4) is 11.5 Å². The van der Waals surface area contributed by atoms with E-state index in [1.807, 2.05) is 35.2 Å². The molecule has 1 aliphatic heterocycles. The molecule has 27 heavy (non-hydrogen) atoms. The molecule has 0 saturated carbocycles. The van der Waals surface area contributed by atoms with Crippen molar-refractivity contribution >= 4 is 11.8 Å². The van der Waals surface area contributed by atoms with Gasteiger partial charge < -0.3 is 19.7 Å². The van der Waals surface area contributed by atoms with Crippen LogP contribution in [0.3, 0.4) is 0 Å². The predicted octanol–water partition coefficient (Wildman–Crippen LogP) is 2.80. The minimum Gasteiger partial charge on any atom is -0.493 e. The van der Waals surface area contributed by atoms with E-state index >= 15 is 0 Å². The monoisotopic (exact) mass is 368 g/mol. The van der Waals surface area contributed by atoms with E-state index in [-0.39, 0.29) is 24.4 Å². The summed E-state index contributed by atoms with van der Waals surface area (Å²) in [7, 11) is 3.05. The fourth-order valence-electron chi connectivity index (χ4n) is 3.42. The van der Waals surface area contributed by atoms with Crippen LogP contribution < -0.4 is 14.8 Å². The molecule has 2 aromatic rings. The van der Waals surface area contributed by atoms with Crippen molar-refractivity contribution in [1.29, 1.82) is 0 Å². The number of rotatable bonds is 6. The van der Waals surface area contributed by atoms with E-state index in [9.17, 15) is 9.59 Å². The van der Waals surface area contributed by atoms with Crippen LogP contribution in [0.5, 0.6) is 11.5 Å². The van der Waals surface area contributed by atoms with Crippen LogP contribution in [0, 0.1) is 0 Å². The van der Waals surface area contributed by atoms with Gasteiger partial charge in [0.2, 0.25) is 5.91 Å². The van der Waals surface area contributed by atoms with Gasteiger partial charge in [-0.2, -0.15) is 0 Å². The van der Waals surface area contributed by atoms with Crippen molar-refractivity contribution in [2.24, 2.45) is 0 Å². The molecule has 0 unspecified atom stereocenters. The molecule has 1 fully saturated rings. The molecule has 0 radical (unpaired) electrons. The lowest BCUT2D eigenvalue weighted by molar-refractivity contribution is -0.131. The van der Waals surface area contributed by atoms with Crippen LogP contribution in [-0.4, -0.2) is 44.0 Å². The zero-order chi connectivity index (χ0) is 19.2. The minimum absolute atomic E-state index is 0.0312. The maximum atomic E-state index is 12.7. The summed E-state index contributed by atoms with van der Waals surface area (Å²) in [4.78, 5) is 26.9. The van der Waals surface area contributed by atoms with Crippen molar-refractivity contribution in [3.63, 3.8) is 0 Å². The molecule has 1 N–H and O–H groups in total. The van der Waals surface area contributed by atoms with Crippen molar-refractivity contribution in [1.82, 2.24) is 10.2 Å². The smallest absolute Gasteiger partial charge is 0.251 e. The third-order valence-corrected chi connectivity index (χ3v) is 4.80. The van der Waals surface area contributed by atoms with Crippen LogP contribution >= 0.6 is 0 Å². The van der Waals surface area contributed by atoms with E-state index in [2.05, 4.69) is 5.32 Å². The Morgan fingerprint density at radius 2 is 1.81 bits per heavy atom. The van der Waals surface area contributed by atoms with Gasteiger partial charge in [0, 0.05) is 12.1 Å². The number of likely N-dealkylation sites (tertiary alicyclic amines) is 1. The van der Waals surface area contributed by atoms with Crippen LogP contribution in [0.1, 0.15) is 34.8 Å². The summed E-state index contributed by atoms with van der Waals surface area (Å²) in [6.07, 6.45) is 1.91. The second-order valence-corrected chi connectivity index (χ2v) is 6.41. The van der Waals surface area contributed by atoms with Crippen molar-refractivity contribution < 1.29 is 19.1 Å². The first-order valence-electron chi connectivity index (χ1n) is 8.98. The van der Waals surface area contributed by atoms with Crippen LogP contribution in [0.15, 0.2) is 48.5 Å². The number of carbonyl (C=O) groups excluding carboxylic acids is 2. The topological polar surface area (TPSA) is 67.9 Å². The Bertz CT molecular complexity index is 807. The van der Waals surface area contributed by atoms with Gasteiger partial charge in [0.05, 0.1) is 26.8 Å². The summed E-state index contributed by atoms with van der Waals surface area (Å²) in [5, 5.41) is 2.71. The second kappa shape index (κ2) is 8.58. The second-order valence-electron chi connectivity index (χ2n) is 6.41. The van der Waals surface area contributed by atoms with Gasteiger partial charge in [-0.1, -0.05) is 30.3 Å². The van der Waals surface area contributed by atoms with Gasteiger partial charge in [0.1, 0.15) is 0 Å². The normalized spacial score (nSPS) is 16.1. The van der Waals surface area contributed by atoms with Crippen molar-refractivity contribution in [2.75, 3.05) is 27.3 Å². The number of hydrogen-bond donors (Lipinski definition) is 1. The summed E-state index contributed by atoms with van der Waals surface area (Å²) >= 11 is 0. The number of nitrogens with one attached hydrogen (secondary N) is 1. The first-order chi connectivity index (χ1) is 13.1. The number of methoxy groups -OCH3 is 2. The number of ether oxygens (including phenoxy) is 2. The highest BCUT2D eigenvalue weighted by Gasteiger charge is 2.29. The Morgan fingerprint density at radius 1 is 1.07 bits per heavy atom. The van der Waals surface area contributed by atoms with E-state index in [0.29, 0.717) is 23.6 Å². The van der Waals surface area contributed by atoms with E-state index in [4.69, 9.17) is 9.47 Å². The lowest BCUT2D eigenvalue weighted by atomic mass is 10.0. The molecule has 0 bridgehead atoms. The maximum absolute atomic E-state index is 12.7. The zero-order valence-electron chi connectivity index (χ0n) is 15.6. The van der Waals surface area contributed by atoms with Gasteiger partial charge in [0.15, 0.2) is 11.5 Å². The molecule has 3 rings (SSSR count). The van der Waals surface area contributed by atoms with Gasteiger partial charge in [-0.25, -0.2) is 0 Å². The average Bonchev–Trinajstić information content (AvgIpc) is 3.21. The zero-order valence-corrected chi connectivity index (χ0v) is 15.6. The standard InChI is InChI=1S/C21H24N2O4/c1-26-18-11-10-16(13-19(18)27-2)21(25)22-14-20(24)23-12-6-9-17(23)15-7-4-3-5-8-15/h3-5,7-8,10-11,13,17H,6,9,12,14H2,1-2H3,(H,22,25)/t17-/m0/s1. The predicted molar refractivity (Wildman–Crippen MR) is 102 cm³/mol. The van der Waals surface area contributed by atoms with E-state index < -0.39 is 0 Å². The molecule has 2 aromatic carbocycles. The van der Waals surface area contributed by atoms with Gasteiger partial charge in [-0.3, -0.25) is 9.59 Å². The molecule has 0 spiro atoms. The molecule has 0 aliphatic carbocycles. The lowest BCUT2D eigenvalue weighted by Crippen LogP contribution is -2.39. The Labute approximate surface area is 159 Å². The van der Waals surface area contributed by atoms with E-state index in [1.54, 1.807) is 18.2 Å². The third kappa shape index (κ3) is 4.22. The Morgan fingerprint density at radius 3 is 2.52 bits per heavy atom. The van der Waals surface area contributed by atoms with Gasteiger partial charge >= 0.3 is 0 Å². The highest BCUT2D eigenvalue weighted by molar-refractivity contribution is 5.97. The van der Waals surface area contributed by atoms with Gasteiger partial charge in [0.25, 0.3) is 5.91 Å². The number of carbonyl (C=O) groups is 2. The lowest BCUT2D eigenvalue weighted by Gasteiger charge is -2.25. The molecule has 2 amide bonds. The molecular weight excluding hydrogens is 344 g/mol. The Kier molecular flexibility index (Phi) is 5.96. The van der Waals surface area contributed by atoms with Crippen LogP contribution in [0.2, 0.25) is 0 Å². The molecular formula is C21H24N2O4. The number of amides is 2. The van der Waals surface area contributed by atoms with Gasteiger partial charge in [-0.15, -0.1) is 0 Å². The fourth-order valence-corrected chi connectivity index (χ4v) is 3.42. The molecule has 1 atom stereocenters. The molecule has 6 heteroatoms. The van der Waals surface area contributed by atoms with Crippen molar-refractivity contribution in [2.45, 2.75) is 18.9 Å². The summed E-state index contributed by atoms with van der Waals surface area (Å²) < 4.78 is 10.4. The van der Waals surface area contributed by atoms with E-state index in [1.165, 1.54) is 14.2 Å². The van der Waals surface area contributed by atoms with Crippen LogP contribution in [0.25, 0.3) is 0 Å². The number of benzene rings is 2. The molecule has 1 heterocycles. The quantitative estimate of drug-likeness (QED) is 0.851. The Balaban J connectivity index is 1.62. The average molecular weight is 368 g/mol. The number of nitrogens with zero attached hydrogens (tertiary/aromatic N) is 1. The summed E-state index contributed by atoms with van der Waals surface area (Å²) in [6, 6.07) is 15.0. The first kappa shape index (κ1) is 18.8. The highest BCUT2D eigenvalue weighted by Crippen LogP contribution is 2.31. The first-order valence-corrected chi connectivity index (χ1v) is 8.98. The van der Waals surface area contributed by atoms with Gasteiger partial charge in [-0.05, 0) is 36.6 Å². The largest absolute Gasteiger partial charge is 0.493 e. The molecule has 0 aromatic heterocycles. The maximum Gasteiger partial charge on any atom is 0.251 e. The summed E-state index contributed by atoms with van der Waals surface area (Å²) in [5.41, 5.74) is 1.55. The minimum atomic E-state index is -0.320. The molecule has 142 valence electrons. The molecule has 6 nitrogen and oxygen atoms in total. The highest BCUT2D eigenvalue weighted by atomic mass is 16.5. The SMILES string of the molecule is COc1ccc(C(=O)NCC(=O)N2CCC[C@H]2c2ccccc2)cc1OC. The van der Waals surface area contributed by atoms with Crippen molar-refractivity contribution in [3.05, 3.63) is 59.7 Å². The number of hydrogen-bond acceptors (Lipinski definition) is 4. The van der Waals surface area contributed by atoms with Crippen LogP contribution in [0.4, 0.5) is 0 Å². The Hall–Kier alpha value is -3.02. The summed E-state index contributed by atoms with van der Waals surface area (Å²) in [5.74, 6) is 0.628. The third-order valence-electron chi connectivity index (χ3n) is 4.80. The van der Waals surface area contributed by atoms with E-state index in [0.717, 1.165) is 18.4 Å². The van der Waals surface area contributed by atoms with Crippen LogP contribution in [-0.2, 0) is 4.79 Å². The molecule has 1 aliphatic rings. The molecule has 1 saturated heterocycles.